The van der Waals surface area contributed by atoms with Gasteiger partial charge >= 0.3 is 45.5 Å². The van der Waals surface area contributed by atoms with Crippen molar-refractivity contribution in [2.45, 2.75) is 526 Å². The van der Waals surface area contributed by atoms with Crippen LogP contribution in [0, 0.1) is 0 Å². The summed E-state index contributed by atoms with van der Waals surface area (Å²) < 4.78 is 91.7. The van der Waals surface area contributed by atoms with Crippen LogP contribution in [0.15, 0.2) is 0 Å². The second-order valence-electron chi connectivity index (χ2n) is 34.0. The zero-order valence-corrected chi connectivity index (χ0v) is 77.1. The number of nitrogens with one attached hydrogen (secondary N) is 1. The van der Waals surface area contributed by atoms with Gasteiger partial charge in [-0.2, -0.15) is 0 Å². The number of unbranched alkanes of at least 4 members (excludes halogenated alkanes) is 48. The largest absolute Gasteiger partial charge is 0.470 e. The normalized spacial score (nSPS) is 20.4. The van der Waals surface area contributed by atoms with Crippen LogP contribution in [0.5, 0.6) is 0 Å². The standard InChI is InChI=1S/C91H171NO25P2/c1-8-14-20-26-32-37-38-43-49-55-61-67-81(97)111-75(64-58-52-47-41-35-29-23-17-11-4)70-83(99)115-88-84(92-78(94)68-73(62-56-50-45-39-33-27-21-15-9-2)109-79(95)65-60-54-48-42-36-30-24-18-12-5)90(112-76(71-93)87(88)117-119(104,105)106)116-91-89(107-7)85(100)86(77(113-91)72-108-118(101,102)103)114-82(98)69-74(63-57-51-46-40-34-28-22-16-10-3)110-80(96)66-59-53-44-31-25-19-13-6/h73-77,84-91,93,100H,8-72H2,1-7H3,(H,92,94)(H2,101,102,103)(H2,104,105,106)/t73-,74+,75-,76-,77-,84-,85+,86-,87-,88-,89+,90-,91-/m1/s1. The van der Waals surface area contributed by atoms with Crippen LogP contribution in [0.4, 0.5) is 0 Å². The Morgan fingerprint density at radius 3 is 0.950 bits per heavy atom. The molecule has 26 nitrogen and oxygen atoms in total. The number of hydrogen-bond donors (Lipinski definition) is 7. The highest BCUT2D eigenvalue weighted by Crippen LogP contribution is 2.44. The summed E-state index contributed by atoms with van der Waals surface area (Å²) in [6, 6.07) is -1.94. The molecule has 2 rings (SSSR count). The van der Waals surface area contributed by atoms with Crippen molar-refractivity contribution in [2.24, 2.45) is 0 Å². The number of carbonyl (C=O) groups excluding carboxylic acids is 6. The van der Waals surface area contributed by atoms with Gasteiger partial charge in [0.15, 0.2) is 24.8 Å². The molecule has 119 heavy (non-hydrogen) atoms. The van der Waals surface area contributed by atoms with Crippen LogP contribution >= 0.6 is 15.6 Å². The van der Waals surface area contributed by atoms with Crippen LogP contribution in [0.1, 0.15) is 446 Å². The zero-order chi connectivity index (χ0) is 87.4. The van der Waals surface area contributed by atoms with E-state index in [0.29, 0.717) is 44.9 Å². The number of aliphatic hydroxyl groups excluding tert-OH is 2. The first-order chi connectivity index (χ1) is 57.5. The second kappa shape index (κ2) is 72.9. The summed E-state index contributed by atoms with van der Waals surface area (Å²) in [6.07, 6.45) is 33.5. The first kappa shape index (κ1) is 112. The molecule has 2 aliphatic rings. The topological polar surface area (TPSA) is 372 Å². The molecule has 0 saturated carbocycles. The van der Waals surface area contributed by atoms with E-state index >= 15 is 9.59 Å². The van der Waals surface area contributed by atoms with Crippen molar-refractivity contribution >= 4 is 51.4 Å². The maximum atomic E-state index is 15.2. The van der Waals surface area contributed by atoms with Gasteiger partial charge in [-0.05, 0) is 57.8 Å². The van der Waals surface area contributed by atoms with E-state index < -0.39 is 164 Å². The van der Waals surface area contributed by atoms with Crippen molar-refractivity contribution in [1.82, 2.24) is 5.32 Å². The number of ether oxygens (including phenoxy) is 9. The number of phosphoric ester groups is 2. The van der Waals surface area contributed by atoms with Crippen molar-refractivity contribution < 1.29 is 119 Å². The van der Waals surface area contributed by atoms with Crippen LogP contribution in [0.3, 0.4) is 0 Å². The second-order valence-corrected chi connectivity index (χ2v) is 36.4. The van der Waals surface area contributed by atoms with E-state index in [1.807, 2.05) is 0 Å². The number of phosphoric acid groups is 2. The van der Waals surface area contributed by atoms with E-state index in [9.17, 15) is 58.1 Å². The third-order valence-corrected chi connectivity index (χ3v) is 24.0. The lowest BCUT2D eigenvalue weighted by Gasteiger charge is -2.48. The van der Waals surface area contributed by atoms with E-state index in [-0.39, 0.29) is 32.1 Å². The number of aliphatic hydroxyl groups is 2. The first-order valence-corrected chi connectivity index (χ1v) is 51.0. The summed E-state index contributed by atoms with van der Waals surface area (Å²) in [6.45, 7) is 10.8. The van der Waals surface area contributed by atoms with Crippen molar-refractivity contribution in [1.29, 1.82) is 0 Å². The van der Waals surface area contributed by atoms with Crippen LogP contribution in [0.2, 0.25) is 0 Å². The molecule has 28 heteroatoms. The van der Waals surface area contributed by atoms with Gasteiger partial charge in [0.25, 0.3) is 0 Å². The van der Waals surface area contributed by atoms with Gasteiger partial charge in [0.05, 0.1) is 32.5 Å². The van der Waals surface area contributed by atoms with Crippen molar-refractivity contribution in [3.63, 3.8) is 0 Å². The maximum absolute atomic E-state index is 15.2. The molecule has 0 aromatic carbocycles. The Hall–Kier alpha value is -3.20. The van der Waals surface area contributed by atoms with E-state index in [1.165, 1.54) is 57.8 Å². The van der Waals surface area contributed by atoms with Crippen molar-refractivity contribution in [3.05, 3.63) is 0 Å². The van der Waals surface area contributed by atoms with Gasteiger partial charge in [-0.1, -0.05) is 350 Å². The Kier molecular flexibility index (Phi) is 68.5. The minimum Gasteiger partial charge on any atom is -0.462 e. The van der Waals surface area contributed by atoms with Gasteiger partial charge in [-0.25, -0.2) is 9.13 Å². The lowest BCUT2D eigenvalue weighted by molar-refractivity contribution is -0.364. The summed E-state index contributed by atoms with van der Waals surface area (Å²) in [4.78, 5) is 127. The molecule has 2 aliphatic heterocycles. The fraction of sp³-hybridized carbons (Fsp3) is 0.934. The predicted octanol–water partition coefficient (Wildman–Crippen LogP) is 21.1. The SMILES string of the molecule is CCCCCCCCCCCCCC(=O)O[C@H](CCCCCCCCCCC)CC(=O)O[C@@H]1[C@@H](NC(=O)C[C@@H](CCCCCCCCCCC)OC(=O)CCCCCCCCCCC)[C@@H](O[C@H]2O[C@H](COP(=O)(O)O)[C@@H](OC(=O)C[C@H](CCCCCCCCCCC)OC(=O)CCCCCCCCC)[C@H](O)[C@@H]2OC)O[C@H](CO)[C@H]1OP(=O)(O)O. The van der Waals surface area contributed by atoms with Gasteiger partial charge in [-0.15, -0.1) is 0 Å². The number of methoxy groups -OCH3 is 1. The van der Waals surface area contributed by atoms with E-state index in [0.717, 1.165) is 258 Å². The Bertz CT molecular complexity index is 2620. The molecule has 700 valence electrons. The van der Waals surface area contributed by atoms with Crippen LogP contribution in [0.25, 0.3) is 0 Å². The molecule has 2 fully saturated rings. The van der Waals surface area contributed by atoms with Gasteiger partial charge in [0.2, 0.25) is 5.91 Å². The molecule has 7 N–H and O–H groups in total. The van der Waals surface area contributed by atoms with E-state index in [4.69, 9.17) is 51.7 Å². The fourth-order valence-corrected chi connectivity index (χ4v) is 16.9. The molecule has 0 aromatic heterocycles. The van der Waals surface area contributed by atoms with Gasteiger partial charge in [0.1, 0.15) is 54.9 Å². The molecule has 0 radical (unpaired) electrons. The van der Waals surface area contributed by atoms with Gasteiger partial charge < -0.3 is 77.7 Å². The van der Waals surface area contributed by atoms with Crippen molar-refractivity contribution in [2.75, 3.05) is 20.3 Å². The van der Waals surface area contributed by atoms with Crippen LogP contribution in [-0.2, 0) is 89.6 Å². The molecule has 0 aliphatic carbocycles. The number of esters is 5. The van der Waals surface area contributed by atoms with Crippen LogP contribution < -0.4 is 5.32 Å². The summed E-state index contributed by atoms with van der Waals surface area (Å²) in [5.74, 6) is -4.47. The summed E-state index contributed by atoms with van der Waals surface area (Å²) >= 11 is 0. The lowest BCUT2D eigenvalue weighted by atomic mass is 9.95. The number of amides is 1. The molecule has 1 amide bonds. The molecular weight excluding hydrogens is 1570 g/mol. The Labute approximate surface area is 718 Å². The highest BCUT2D eigenvalue weighted by atomic mass is 31.2. The zero-order valence-electron chi connectivity index (χ0n) is 75.3. The first-order valence-electron chi connectivity index (χ1n) is 47.9. The number of rotatable bonds is 81. The molecule has 2 heterocycles. The molecule has 0 aromatic rings. The Morgan fingerprint density at radius 2 is 0.647 bits per heavy atom. The molecule has 0 unspecified atom stereocenters. The maximum Gasteiger partial charge on any atom is 0.470 e. The van der Waals surface area contributed by atoms with E-state index in [1.54, 1.807) is 0 Å². The third-order valence-electron chi connectivity index (χ3n) is 23.0. The fourth-order valence-electron chi connectivity index (χ4n) is 15.9. The molecule has 2 saturated heterocycles. The third kappa shape index (κ3) is 58.7. The Morgan fingerprint density at radius 1 is 0.353 bits per heavy atom. The monoisotopic (exact) mass is 1740 g/mol. The minimum absolute atomic E-state index is 0.0881. The molecule has 0 spiro atoms. The van der Waals surface area contributed by atoms with Gasteiger partial charge in [0, 0.05) is 26.4 Å². The Balaban J connectivity index is 2.81. The average Bonchev–Trinajstić information content (AvgIpc) is 0.768. The highest BCUT2D eigenvalue weighted by molar-refractivity contribution is 7.46. The lowest BCUT2D eigenvalue weighted by Crippen LogP contribution is -2.68. The highest BCUT2D eigenvalue weighted by Gasteiger charge is 2.56. The van der Waals surface area contributed by atoms with Crippen LogP contribution in [-0.4, -0.2) is 166 Å². The van der Waals surface area contributed by atoms with Gasteiger partial charge in [-0.3, -0.25) is 37.8 Å². The smallest absolute Gasteiger partial charge is 0.462 e. The summed E-state index contributed by atoms with van der Waals surface area (Å²) in [7, 11) is -9.92. The number of hydrogen-bond acceptors (Lipinski definition) is 21. The molecule has 13 atom stereocenters. The number of carbonyl (C=O) groups is 6. The van der Waals surface area contributed by atoms with E-state index in [2.05, 4.69) is 46.9 Å². The quantitative estimate of drug-likeness (QED) is 0.0129. The predicted molar refractivity (Wildman–Crippen MR) is 463 cm³/mol. The summed E-state index contributed by atoms with van der Waals surface area (Å²) in [5.41, 5.74) is 0. The average molecular weight is 1740 g/mol. The molecule has 0 bridgehead atoms. The summed E-state index contributed by atoms with van der Waals surface area (Å²) in [5, 5.41) is 26.5. The minimum atomic E-state index is -5.67. The van der Waals surface area contributed by atoms with Crippen molar-refractivity contribution in [3.8, 4) is 0 Å². The molecular formula is C91H171NO25P2.